The molecule has 0 saturated carbocycles. The van der Waals surface area contributed by atoms with E-state index in [9.17, 15) is 8.42 Å². The maximum Gasteiger partial charge on any atom is 0.240 e. The molecule has 6 nitrogen and oxygen atoms in total. The number of anilines is 1. The molecule has 2 rings (SSSR count). The molecule has 0 spiro atoms. The second-order valence-corrected chi connectivity index (χ2v) is 6.15. The van der Waals surface area contributed by atoms with Crippen molar-refractivity contribution in [2.75, 3.05) is 12.8 Å². The van der Waals surface area contributed by atoms with E-state index in [-0.39, 0.29) is 4.90 Å². The highest BCUT2D eigenvalue weighted by atomic mass is 32.2. The SMILES string of the molecule is CNS(=O)(=O)c1ccc(-n2nc(C)cc2C)c(N)c1. The summed E-state index contributed by atoms with van der Waals surface area (Å²) in [5.41, 5.74) is 8.78. The average molecular weight is 280 g/mol. The third-order valence-corrected chi connectivity index (χ3v) is 4.23. The van der Waals surface area contributed by atoms with Crippen molar-refractivity contribution in [1.82, 2.24) is 14.5 Å². The molecule has 0 fully saturated rings. The molecule has 0 saturated heterocycles. The largest absolute Gasteiger partial charge is 0.397 e. The van der Waals surface area contributed by atoms with E-state index in [2.05, 4.69) is 9.82 Å². The van der Waals surface area contributed by atoms with Crippen LogP contribution in [0.15, 0.2) is 29.2 Å². The van der Waals surface area contributed by atoms with Crippen LogP contribution < -0.4 is 10.5 Å². The van der Waals surface area contributed by atoms with Crippen molar-refractivity contribution < 1.29 is 8.42 Å². The number of benzene rings is 1. The maximum absolute atomic E-state index is 11.7. The van der Waals surface area contributed by atoms with Crippen LogP contribution in [0.5, 0.6) is 0 Å². The molecular weight excluding hydrogens is 264 g/mol. The van der Waals surface area contributed by atoms with E-state index in [1.807, 2.05) is 19.9 Å². The van der Waals surface area contributed by atoms with E-state index in [1.165, 1.54) is 19.2 Å². The lowest BCUT2D eigenvalue weighted by atomic mass is 10.2. The first-order chi connectivity index (χ1) is 8.85. The number of rotatable bonds is 3. The number of nitrogens with zero attached hydrogens (tertiary/aromatic N) is 2. The zero-order valence-electron chi connectivity index (χ0n) is 11.0. The minimum absolute atomic E-state index is 0.137. The lowest BCUT2D eigenvalue weighted by molar-refractivity contribution is 0.588. The molecular formula is C12H16N4O2S. The minimum atomic E-state index is -3.48. The van der Waals surface area contributed by atoms with E-state index in [1.54, 1.807) is 10.7 Å². The Hall–Kier alpha value is -1.86. The number of sulfonamides is 1. The molecule has 19 heavy (non-hydrogen) atoms. The lowest BCUT2D eigenvalue weighted by Gasteiger charge is -2.10. The van der Waals surface area contributed by atoms with Crippen LogP contribution >= 0.6 is 0 Å². The molecule has 1 aromatic heterocycles. The highest BCUT2D eigenvalue weighted by molar-refractivity contribution is 7.89. The topological polar surface area (TPSA) is 90.0 Å². The lowest BCUT2D eigenvalue weighted by Crippen LogP contribution is -2.19. The number of aryl methyl sites for hydroxylation is 2. The summed E-state index contributed by atoms with van der Waals surface area (Å²) in [5.74, 6) is 0. The normalized spacial score (nSPS) is 11.7. The van der Waals surface area contributed by atoms with E-state index < -0.39 is 10.0 Å². The van der Waals surface area contributed by atoms with Gasteiger partial charge in [-0.3, -0.25) is 0 Å². The molecule has 0 aliphatic heterocycles. The molecule has 0 aliphatic rings. The molecule has 0 amide bonds. The van der Waals surface area contributed by atoms with Gasteiger partial charge in [-0.2, -0.15) is 5.10 Å². The first-order valence-electron chi connectivity index (χ1n) is 5.72. The van der Waals surface area contributed by atoms with Gasteiger partial charge < -0.3 is 5.73 Å². The van der Waals surface area contributed by atoms with Gasteiger partial charge in [-0.25, -0.2) is 17.8 Å². The van der Waals surface area contributed by atoms with Gasteiger partial charge in [0.25, 0.3) is 0 Å². The summed E-state index contributed by atoms with van der Waals surface area (Å²) in [4.78, 5) is 0.137. The zero-order valence-corrected chi connectivity index (χ0v) is 11.8. The number of hydrogen-bond donors (Lipinski definition) is 2. The number of aromatic nitrogens is 2. The molecule has 0 radical (unpaired) electrons. The molecule has 2 aromatic rings. The van der Waals surface area contributed by atoms with E-state index in [4.69, 9.17) is 5.73 Å². The maximum atomic E-state index is 11.7. The molecule has 1 heterocycles. The summed E-state index contributed by atoms with van der Waals surface area (Å²) in [6.07, 6.45) is 0. The number of hydrogen-bond acceptors (Lipinski definition) is 4. The summed E-state index contributed by atoms with van der Waals surface area (Å²) < 4.78 is 27.3. The van der Waals surface area contributed by atoms with Crippen LogP contribution in [0.3, 0.4) is 0 Å². The molecule has 3 N–H and O–H groups in total. The van der Waals surface area contributed by atoms with Gasteiger partial charge in [0.05, 0.1) is 22.0 Å². The van der Waals surface area contributed by atoms with Crippen LogP contribution in [-0.4, -0.2) is 25.2 Å². The van der Waals surface area contributed by atoms with Crippen LogP contribution in [0.2, 0.25) is 0 Å². The standard InChI is InChI=1S/C12H16N4O2S/c1-8-6-9(2)16(15-8)12-5-4-10(7-11(12)13)19(17,18)14-3/h4-7,14H,13H2,1-3H3. The Balaban J connectivity index is 2.55. The molecule has 0 unspecified atom stereocenters. The molecule has 0 aliphatic carbocycles. The van der Waals surface area contributed by atoms with Gasteiger partial charge in [-0.15, -0.1) is 0 Å². The predicted octanol–water partition coefficient (Wildman–Crippen LogP) is 0.979. The Morgan fingerprint density at radius 3 is 2.42 bits per heavy atom. The van der Waals surface area contributed by atoms with Crippen LogP contribution in [0.1, 0.15) is 11.4 Å². The van der Waals surface area contributed by atoms with Crippen molar-refractivity contribution >= 4 is 15.7 Å². The fourth-order valence-corrected chi connectivity index (χ4v) is 2.65. The third kappa shape index (κ3) is 2.47. The molecule has 1 aromatic carbocycles. The van der Waals surface area contributed by atoms with E-state index >= 15 is 0 Å². The second kappa shape index (κ2) is 4.67. The smallest absolute Gasteiger partial charge is 0.240 e. The molecule has 0 bridgehead atoms. The van der Waals surface area contributed by atoms with Crippen LogP contribution in [0.25, 0.3) is 5.69 Å². The van der Waals surface area contributed by atoms with Gasteiger partial charge in [0, 0.05) is 5.69 Å². The average Bonchev–Trinajstić information content (AvgIpc) is 2.68. The van der Waals surface area contributed by atoms with E-state index in [0.717, 1.165) is 11.4 Å². The summed E-state index contributed by atoms with van der Waals surface area (Å²) in [7, 11) is -2.12. The highest BCUT2D eigenvalue weighted by Gasteiger charge is 2.14. The van der Waals surface area contributed by atoms with Gasteiger partial charge in [-0.1, -0.05) is 0 Å². The van der Waals surface area contributed by atoms with Crippen molar-refractivity contribution in [3.05, 3.63) is 35.7 Å². The quantitative estimate of drug-likeness (QED) is 0.820. The van der Waals surface area contributed by atoms with E-state index in [0.29, 0.717) is 11.4 Å². The van der Waals surface area contributed by atoms with Gasteiger partial charge in [0.1, 0.15) is 0 Å². The van der Waals surface area contributed by atoms with Gasteiger partial charge >= 0.3 is 0 Å². The number of nitrogens with one attached hydrogen (secondary N) is 1. The van der Waals surface area contributed by atoms with Crippen molar-refractivity contribution in [1.29, 1.82) is 0 Å². The monoisotopic (exact) mass is 280 g/mol. The second-order valence-electron chi connectivity index (χ2n) is 4.27. The fraction of sp³-hybridized carbons (Fsp3) is 0.250. The van der Waals surface area contributed by atoms with Crippen molar-refractivity contribution in [3.8, 4) is 5.69 Å². The fourth-order valence-electron chi connectivity index (χ4n) is 1.88. The Morgan fingerprint density at radius 1 is 1.26 bits per heavy atom. The van der Waals surface area contributed by atoms with Crippen molar-refractivity contribution in [3.63, 3.8) is 0 Å². The summed E-state index contributed by atoms with van der Waals surface area (Å²) in [5, 5.41) is 4.32. The Labute approximate surface area is 112 Å². The Bertz CT molecular complexity index is 719. The zero-order chi connectivity index (χ0) is 14.2. The van der Waals surface area contributed by atoms with Crippen LogP contribution in [0.4, 0.5) is 5.69 Å². The highest BCUT2D eigenvalue weighted by Crippen LogP contribution is 2.22. The number of nitrogens with two attached hydrogens (primary N) is 1. The first-order valence-corrected chi connectivity index (χ1v) is 7.20. The van der Waals surface area contributed by atoms with Crippen molar-refractivity contribution in [2.45, 2.75) is 18.7 Å². The molecule has 102 valence electrons. The van der Waals surface area contributed by atoms with Crippen LogP contribution in [0, 0.1) is 13.8 Å². The molecule has 7 heteroatoms. The Morgan fingerprint density at radius 2 is 1.95 bits per heavy atom. The third-order valence-electron chi connectivity index (χ3n) is 2.82. The van der Waals surface area contributed by atoms with Crippen molar-refractivity contribution in [2.24, 2.45) is 0 Å². The predicted molar refractivity (Wildman–Crippen MR) is 73.7 cm³/mol. The molecule has 0 atom stereocenters. The van der Waals surface area contributed by atoms with Gasteiger partial charge in [0.2, 0.25) is 10.0 Å². The summed E-state index contributed by atoms with van der Waals surface area (Å²) in [6.45, 7) is 3.80. The number of nitrogen functional groups attached to an aromatic ring is 1. The van der Waals surface area contributed by atoms with Gasteiger partial charge in [0.15, 0.2) is 0 Å². The van der Waals surface area contributed by atoms with Gasteiger partial charge in [-0.05, 0) is 45.2 Å². The Kier molecular flexibility index (Phi) is 3.34. The first kappa shape index (κ1) is 13.6. The summed E-state index contributed by atoms with van der Waals surface area (Å²) >= 11 is 0. The summed E-state index contributed by atoms with van der Waals surface area (Å²) in [6, 6.07) is 6.52. The minimum Gasteiger partial charge on any atom is -0.397 e. The van der Waals surface area contributed by atoms with Crippen LogP contribution in [-0.2, 0) is 10.0 Å².